The first-order chi connectivity index (χ1) is 13.4. The highest BCUT2D eigenvalue weighted by atomic mass is 19.4. The van der Waals surface area contributed by atoms with Crippen LogP contribution in [0.1, 0.15) is 16.7 Å². The van der Waals surface area contributed by atoms with Gasteiger partial charge in [0.15, 0.2) is 5.82 Å². The lowest BCUT2D eigenvalue weighted by molar-refractivity contribution is -0.143. The molecule has 0 saturated heterocycles. The lowest BCUT2D eigenvalue weighted by Gasteiger charge is -2.13. The van der Waals surface area contributed by atoms with E-state index in [1.54, 1.807) is 0 Å². The lowest BCUT2D eigenvalue weighted by atomic mass is 10.0. The molecule has 0 unspecified atom stereocenters. The number of carbonyl (C=O) groups excluding carboxylic acids is 1. The zero-order valence-corrected chi connectivity index (χ0v) is 14.1. The molecule has 1 aromatic carbocycles. The van der Waals surface area contributed by atoms with E-state index in [4.69, 9.17) is 10.2 Å². The van der Waals surface area contributed by atoms with Gasteiger partial charge in [0.2, 0.25) is 0 Å². The molecule has 3 aromatic rings. The SMILES string of the molecule is NC(=O)/C(=C\n1cnc(-c2cc(C(F)(F)F)cc(C(F)(F)F)c2)n1)c1ccoc1. The van der Waals surface area contributed by atoms with Gasteiger partial charge in [0.1, 0.15) is 6.33 Å². The van der Waals surface area contributed by atoms with E-state index < -0.39 is 40.8 Å². The fourth-order valence-corrected chi connectivity index (χ4v) is 2.38. The molecule has 0 fully saturated rings. The Kier molecular flexibility index (Phi) is 4.95. The quantitative estimate of drug-likeness (QED) is 0.513. The first kappa shape index (κ1) is 20.2. The molecule has 0 aliphatic rings. The molecular weight excluding hydrogens is 406 g/mol. The van der Waals surface area contributed by atoms with Gasteiger partial charge in [-0.3, -0.25) is 4.79 Å². The van der Waals surface area contributed by atoms with Crippen molar-refractivity contribution in [3.05, 3.63) is 59.8 Å². The van der Waals surface area contributed by atoms with Crippen molar-refractivity contribution in [3.8, 4) is 11.4 Å². The van der Waals surface area contributed by atoms with Gasteiger partial charge in [0.05, 0.1) is 29.2 Å². The summed E-state index contributed by atoms with van der Waals surface area (Å²) >= 11 is 0. The zero-order valence-electron chi connectivity index (χ0n) is 14.1. The molecule has 152 valence electrons. The Labute approximate surface area is 158 Å². The molecular formula is C17H10F6N4O2. The standard InChI is InChI=1S/C17H10F6N4O2/c18-16(19,20)11-3-10(4-12(5-11)17(21,22)23)15-25-8-27(26-15)6-13(14(24)28)9-1-2-29-7-9/h1-8H,(H2,24,28)/b13-6-. The van der Waals surface area contributed by atoms with Gasteiger partial charge in [-0.1, -0.05) is 0 Å². The summed E-state index contributed by atoms with van der Waals surface area (Å²) in [5, 5.41) is 3.81. The fraction of sp³-hybridized carbons (Fsp3) is 0.118. The van der Waals surface area contributed by atoms with Crippen LogP contribution in [0.15, 0.2) is 47.5 Å². The van der Waals surface area contributed by atoms with Gasteiger partial charge in [-0.25, -0.2) is 9.67 Å². The van der Waals surface area contributed by atoms with Gasteiger partial charge in [0, 0.05) is 17.3 Å². The van der Waals surface area contributed by atoms with Crippen LogP contribution in [0.3, 0.4) is 0 Å². The Balaban J connectivity index is 2.06. The van der Waals surface area contributed by atoms with E-state index in [-0.39, 0.29) is 11.6 Å². The predicted molar refractivity (Wildman–Crippen MR) is 87.5 cm³/mol. The molecule has 0 aliphatic heterocycles. The number of nitrogens with zero attached hydrogens (tertiary/aromatic N) is 3. The van der Waals surface area contributed by atoms with Crippen LogP contribution in [0.25, 0.3) is 23.2 Å². The first-order valence-electron chi connectivity index (χ1n) is 7.70. The summed E-state index contributed by atoms with van der Waals surface area (Å²) in [6, 6.07) is 2.44. The van der Waals surface area contributed by atoms with Crippen LogP contribution in [0, 0.1) is 0 Å². The molecule has 0 saturated carbocycles. The van der Waals surface area contributed by atoms with Crippen LogP contribution >= 0.6 is 0 Å². The number of hydrogen-bond acceptors (Lipinski definition) is 4. The minimum atomic E-state index is -5.00. The molecule has 0 aliphatic carbocycles. The Morgan fingerprint density at radius 1 is 1.07 bits per heavy atom. The molecule has 0 spiro atoms. The maximum absolute atomic E-state index is 13.0. The van der Waals surface area contributed by atoms with E-state index in [1.165, 1.54) is 18.6 Å². The number of rotatable bonds is 4. The van der Waals surface area contributed by atoms with Gasteiger partial charge >= 0.3 is 12.4 Å². The lowest BCUT2D eigenvalue weighted by Crippen LogP contribution is -2.13. The summed E-state index contributed by atoms with van der Waals surface area (Å²) in [5.74, 6) is -1.27. The van der Waals surface area contributed by atoms with E-state index >= 15 is 0 Å². The molecule has 2 aromatic heterocycles. The molecule has 3 rings (SSSR count). The second-order valence-corrected chi connectivity index (χ2v) is 5.76. The zero-order chi connectivity index (χ0) is 21.4. The third-order valence-corrected chi connectivity index (χ3v) is 3.71. The molecule has 0 atom stereocenters. The monoisotopic (exact) mass is 416 g/mol. The van der Waals surface area contributed by atoms with Crippen LogP contribution in [-0.4, -0.2) is 20.7 Å². The Morgan fingerprint density at radius 2 is 1.69 bits per heavy atom. The Morgan fingerprint density at radius 3 is 2.17 bits per heavy atom. The number of hydrogen-bond donors (Lipinski definition) is 1. The third-order valence-electron chi connectivity index (χ3n) is 3.71. The average molecular weight is 416 g/mol. The molecule has 12 heteroatoms. The largest absolute Gasteiger partial charge is 0.472 e. The molecule has 0 bridgehead atoms. The second kappa shape index (κ2) is 7.11. The highest BCUT2D eigenvalue weighted by Gasteiger charge is 2.37. The van der Waals surface area contributed by atoms with Crippen molar-refractivity contribution in [3.63, 3.8) is 0 Å². The number of halogens is 6. The average Bonchev–Trinajstić information content (AvgIpc) is 3.29. The van der Waals surface area contributed by atoms with E-state index in [1.807, 2.05) is 0 Å². The topological polar surface area (TPSA) is 86.9 Å². The summed E-state index contributed by atoms with van der Waals surface area (Å²) in [7, 11) is 0. The fourth-order valence-electron chi connectivity index (χ4n) is 2.38. The van der Waals surface area contributed by atoms with Crippen LogP contribution in [0.2, 0.25) is 0 Å². The number of nitrogens with two attached hydrogens (primary N) is 1. The minimum Gasteiger partial charge on any atom is -0.472 e. The first-order valence-corrected chi connectivity index (χ1v) is 7.70. The van der Waals surface area contributed by atoms with Gasteiger partial charge in [-0.15, -0.1) is 5.10 Å². The molecule has 2 heterocycles. The molecule has 2 N–H and O–H groups in total. The Hall–Kier alpha value is -3.57. The highest BCUT2D eigenvalue weighted by Crippen LogP contribution is 2.38. The van der Waals surface area contributed by atoms with Gasteiger partial charge < -0.3 is 10.2 Å². The summed E-state index contributed by atoms with van der Waals surface area (Å²) in [5.41, 5.74) is 2.02. The number of benzene rings is 1. The van der Waals surface area contributed by atoms with Crippen LogP contribution in [0.5, 0.6) is 0 Å². The van der Waals surface area contributed by atoms with Crippen molar-refractivity contribution < 1.29 is 35.6 Å². The van der Waals surface area contributed by atoms with Crippen molar-refractivity contribution in [2.24, 2.45) is 5.73 Å². The highest BCUT2D eigenvalue weighted by molar-refractivity contribution is 6.22. The number of carbonyl (C=O) groups is 1. The second-order valence-electron chi connectivity index (χ2n) is 5.76. The van der Waals surface area contributed by atoms with Crippen molar-refractivity contribution in [2.75, 3.05) is 0 Å². The number of aromatic nitrogens is 3. The van der Waals surface area contributed by atoms with E-state index in [2.05, 4.69) is 10.1 Å². The summed E-state index contributed by atoms with van der Waals surface area (Å²) in [6.45, 7) is 0. The van der Waals surface area contributed by atoms with Gasteiger partial charge in [-0.2, -0.15) is 26.3 Å². The van der Waals surface area contributed by atoms with Crippen LogP contribution in [0.4, 0.5) is 26.3 Å². The van der Waals surface area contributed by atoms with E-state index in [0.717, 1.165) is 17.2 Å². The predicted octanol–water partition coefficient (Wildman–Crippen LogP) is 4.06. The minimum absolute atomic E-state index is 0.00446. The Bertz CT molecular complexity index is 1030. The number of primary amides is 1. The van der Waals surface area contributed by atoms with Crippen molar-refractivity contribution >= 4 is 17.7 Å². The summed E-state index contributed by atoms with van der Waals surface area (Å²) in [4.78, 5) is 15.3. The van der Waals surface area contributed by atoms with Crippen LogP contribution < -0.4 is 5.73 Å². The van der Waals surface area contributed by atoms with Gasteiger partial charge in [0.25, 0.3) is 5.91 Å². The van der Waals surface area contributed by atoms with Crippen molar-refractivity contribution in [1.29, 1.82) is 0 Å². The van der Waals surface area contributed by atoms with Crippen molar-refractivity contribution in [2.45, 2.75) is 12.4 Å². The molecule has 1 amide bonds. The molecule has 6 nitrogen and oxygen atoms in total. The smallest absolute Gasteiger partial charge is 0.416 e. The molecule has 29 heavy (non-hydrogen) atoms. The summed E-state index contributed by atoms with van der Waals surface area (Å²) in [6.07, 6.45) is -5.39. The third kappa shape index (κ3) is 4.47. The van der Waals surface area contributed by atoms with E-state index in [0.29, 0.717) is 17.7 Å². The van der Waals surface area contributed by atoms with E-state index in [9.17, 15) is 31.1 Å². The maximum Gasteiger partial charge on any atom is 0.416 e. The molecule has 0 radical (unpaired) electrons. The normalized spacial score (nSPS) is 13.0. The number of alkyl halides is 6. The number of amides is 1. The van der Waals surface area contributed by atoms with Gasteiger partial charge in [-0.05, 0) is 24.3 Å². The van der Waals surface area contributed by atoms with Crippen molar-refractivity contribution in [1.82, 2.24) is 14.8 Å². The maximum atomic E-state index is 13.0. The van der Waals surface area contributed by atoms with Crippen LogP contribution in [-0.2, 0) is 17.1 Å². The summed E-state index contributed by atoms with van der Waals surface area (Å²) < 4.78 is 83.7. The number of furan rings is 1.